The zero-order valence-corrected chi connectivity index (χ0v) is 12.5. The molecule has 2 atom stereocenters. The molecule has 1 fully saturated rings. The first-order valence-electron chi connectivity index (χ1n) is 6.78. The molecule has 0 aliphatic carbocycles. The summed E-state index contributed by atoms with van der Waals surface area (Å²) >= 11 is 0. The second kappa shape index (κ2) is 5.96. The van der Waals surface area contributed by atoms with E-state index in [0.717, 1.165) is 18.6 Å². The summed E-state index contributed by atoms with van der Waals surface area (Å²) in [5, 5.41) is 3.04. The van der Waals surface area contributed by atoms with E-state index in [2.05, 4.69) is 5.32 Å². The van der Waals surface area contributed by atoms with Crippen LogP contribution in [0.1, 0.15) is 30.0 Å². The molecule has 0 bridgehead atoms. The van der Waals surface area contributed by atoms with Crippen LogP contribution >= 0.6 is 0 Å². The van der Waals surface area contributed by atoms with Gasteiger partial charge in [-0.3, -0.25) is 0 Å². The van der Waals surface area contributed by atoms with E-state index >= 15 is 0 Å². The number of hydrogen-bond donors (Lipinski definition) is 1. The number of halogens is 3. The lowest BCUT2D eigenvalue weighted by atomic mass is 9.90. The summed E-state index contributed by atoms with van der Waals surface area (Å²) in [7, 11) is -1.35. The van der Waals surface area contributed by atoms with Gasteiger partial charge in [-0.05, 0) is 43.5 Å². The smallest absolute Gasteiger partial charge is 0.313 e. The van der Waals surface area contributed by atoms with Crippen LogP contribution in [0.5, 0.6) is 0 Å². The van der Waals surface area contributed by atoms with Crippen molar-refractivity contribution < 1.29 is 21.6 Å². The Labute approximate surface area is 122 Å². The highest BCUT2D eigenvalue weighted by Crippen LogP contribution is 2.33. The second-order valence-electron chi connectivity index (χ2n) is 5.40. The minimum absolute atomic E-state index is 0.0829. The van der Waals surface area contributed by atoms with Gasteiger partial charge in [0.25, 0.3) is 0 Å². The number of nitrogens with one attached hydrogen (secondary N) is 1. The minimum Gasteiger partial charge on any atom is -0.313 e. The Kier molecular flexibility index (Phi) is 4.63. The van der Waals surface area contributed by atoms with Gasteiger partial charge in [0.1, 0.15) is 0 Å². The zero-order chi connectivity index (χ0) is 15.7. The van der Waals surface area contributed by atoms with Crippen molar-refractivity contribution in [2.45, 2.75) is 25.1 Å². The molecule has 1 aliphatic heterocycles. The lowest BCUT2D eigenvalue weighted by Crippen LogP contribution is -2.34. The van der Waals surface area contributed by atoms with E-state index in [4.69, 9.17) is 0 Å². The Morgan fingerprint density at radius 3 is 2.33 bits per heavy atom. The van der Waals surface area contributed by atoms with Crippen molar-refractivity contribution in [2.24, 2.45) is 5.92 Å². The van der Waals surface area contributed by atoms with E-state index in [1.165, 1.54) is 12.1 Å². The van der Waals surface area contributed by atoms with Crippen LogP contribution in [0.3, 0.4) is 0 Å². The van der Waals surface area contributed by atoms with E-state index in [9.17, 15) is 21.6 Å². The summed E-state index contributed by atoms with van der Waals surface area (Å²) in [6.45, 7) is 0. The van der Waals surface area contributed by atoms with Gasteiger partial charge in [-0.15, -0.1) is 0 Å². The molecule has 1 aliphatic rings. The summed E-state index contributed by atoms with van der Waals surface area (Å²) in [5.41, 5.74) is -0.00929. The third-order valence-corrected chi connectivity index (χ3v) is 5.72. The summed E-state index contributed by atoms with van der Waals surface area (Å²) in [5.74, 6) is 0.178. The molecule has 7 heteroatoms. The number of benzene rings is 1. The highest BCUT2D eigenvalue weighted by Gasteiger charge is 2.33. The van der Waals surface area contributed by atoms with E-state index < -0.39 is 21.6 Å². The Morgan fingerprint density at radius 2 is 1.86 bits per heavy atom. The fourth-order valence-electron chi connectivity index (χ4n) is 2.88. The second-order valence-corrected chi connectivity index (χ2v) is 7.63. The third-order valence-electron chi connectivity index (χ3n) is 3.88. The van der Waals surface area contributed by atoms with Crippen LogP contribution in [-0.2, 0) is 16.0 Å². The standard InChI is InChI=1S/C14H18F3NO2S/c1-18-13(11-3-2-8-21(19,20)9-11)10-4-6-12(7-5-10)14(15,16)17/h4-7,11,13,18H,2-3,8-9H2,1H3. The van der Waals surface area contributed by atoms with Crippen LogP contribution in [-0.4, -0.2) is 27.0 Å². The van der Waals surface area contributed by atoms with Gasteiger partial charge in [-0.2, -0.15) is 13.2 Å². The molecule has 1 saturated heterocycles. The predicted octanol–water partition coefficient (Wildman–Crippen LogP) is 2.79. The Hall–Kier alpha value is -1.08. The highest BCUT2D eigenvalue weighted by molar-refractivity contribution is 7.91. The molecule has 0 amide bonds. The first-order valence-corrected chi connectivity index (χ1v) is 8.60. The normalized spacial score (nSPS) is 23.7. The summed E-state index contributed by atoms with van der Waals surface area (Å²) in [6.07, 6.45) is -3.00. The molecule has 1 heterocycles. The van der Waals surface area contributed by atoms with E-state index in [1.54, 1.807) is 7.05 Å². The number of rotatable bonds is 3. The SMILES string of the molecule is CNC(c1ccc(C(F)(F)F)cc1)C1CCCS(=O)(=O)C1. The topological polar surface area (TPSA) is 46.2 Å². The molecule has 118 valence electrons. The van der Waals surface area contributed by atoms with Gasteiger partial charge in [-0.25, -0.2) is 8.42 Å². The molecule has 2 rings (SSSR count). The molecular formula is C14H18F3NO2S. The van der Waals surface area contributed by atoms with Gasteiger partial charge in [0, 0.05) is 6.04 Å². The quantitative estimate of drug-likeness (QED) is 0.931. The van der Waals surface area contributed by atoms with Crippen molar-refractivity contribution in [1.29, 1.82) is 0 Å². The fourth-order valence-corrected chi connectivity index (χ4v) is 4.66. The fraction of sp³-hybridized carbons (Fsp3) is 0.571. The third kappa shape index (κ3) is 3.97. The van der Waals surface area contributed by atoms with Crippen LogP contribution < -0.4 is 5.32 Å². The molecule has 3 nitrogen and oxygen atoms in total. The molecular weight excluding hydrogens is 303 g/mol. The van der Waals surface area contributed by atoms with Gasteiger partial charge in [-0.1, -0.05) is 12.1 Å². The van der Waals surface area contributed by atoms with Crippen LogP contribution in [0.15, 0.2) is 24.3 Å². The maximum Gasteiger partial charge on any atom is 0.416 e. The van der Waals surface area contributed by atoms with Gasteiger partial charge in [0.2, 0.25) is 0 Å². The van der Waals surface area contributed by atoms with E-state index in [1.807, 2.05) is 0 Å². The van der Waals surface area contributed by atoms with E-state index in [-0.39, 0.29) is 23.5 Å². The average Bonchev–Trinajstić information content (AvgIpc) is 2.38. The monoisotopic (exact) mass is 321 g/mol. The summed E-state index contributed by atoms with van der Waals surface area (Å²) < 4.78 is 61.1. The predicted molar refractivity (Wildman–Crippen MR) is 74.6 cm³/mol. The number of sulfone groups is 1. The molecule has 1 N–H and O–H groups in total. The summed E-state index contributed by atoms with van der Waals surface area (Å²) in [6, 6.07) is 4.67. The largest absolute Gasteiger partial charge is 0.416 e. The molecule has 0 radical (unpaired) electrons. The van der Waals surface area contributed by atoms with Crippen LogP contribution in [0.25, 0.3) is 0 Å². The van der Waals surface area contributed by atoms with Gasteiger partial charge in [0.05, 0.1) is 17.1 Å². The summed E-state index contributed by atoms with van der Waals surface area (Å²) in [4.78, 5) is 0. The molecule has 0 spiro atoms. The van der Waals surface area contributed by atoms with Gasteiger partial charge < -0.3 is 5.32 Å². The molecule has 0 saturated carbocycles. The van der Waals surface area contributed by atoms with Gasteiger partial charge >= 0.3 is 6.18 Å². The molecule has 0 aromatic heterocycles. The Morgan fingerprint density at radius 1 is 1.24 bits per heavy atom. The first kappa shape index (κ1) is 16.3. The highest BCUT2D eigenvalue weighted by atomic mass is 32.2. The lowest BCUT2D eigenvalue weighted by Gasteiger charge is -2.30. The zero-order valence-electron chi connectivity index (χ0n) is 11.7. The average molecular weight is 321 g/mol. The minimum atomic E-state index is -4.36. The maximum absolute atomic E-state index is 12.6. The Balaban J connectivity index is 2.21. The molecule has 2 unspecified atom stereocenters. The first-order chi connectivity index (χ1) is 9.73. The molecule has 1 aromatic rings. The van der Waals surface area contributed by atoms with Crippen molar-refractivity contribution in [3.63, 3.8) is 0 Å². The van der Waals surface area contributed by atoms with Crippen molar-refractivity contribution >= 4 is 9.84 Å². The number of alkyl halides is 3. The van der Waals surface area contributed by atoms with Crippen molar-refractivity contribution in [3.05, 3.63) is 35.4 Å². The Bertz CT molecular complexity index is 581. The van der Waals surface area contributed by atoms with Crippen LogP contribution in [0.4, 0.5) is 13.2 Å². The van der Waals surface area contributed by atoms with Crippen molar-refractivity contribution in [2.75, 3.05) is 18.6 Å². The maximum atomic E-state index is 12.6. The van der Waals surface area contributed by atoms with Crippen molar-refractivity contribution in [1.82, 2.24) is 5.32 Å². The lowest BCUT2D eigenvalue weighted by molar-refractivity contribution is -0.137. The molecule has 21 heavy (non-hydrogen) atoms. The van der Waals surface area contributed by atoms with Crippen molar-refractivity contribution in [3.8, 4) is 0 Å². The van der Waals surface area contributed by atoms with Gasteiger partial charge in [0.15, 0.2) is 9.84 Å². The van der Waals surface area contributed by atoms with Crippen LogP contribution in [0, 0.1) is 5.92 Å². The van der Waals surface area contributed by atoms with E-state index in [0.29, 0.717) is 12.0 Å². The number of hydrogen-bond acceptors (Lipinski definition) is 3. The van der Waals surface area contributed by atoms with Crippen LogP contribution in [0.2, 0.25) is 0 Å². The molecule has 1 aromatic carbocycles.